The fourth-order valence-electron chi connectivity index (χ4n) is 13.2. The number of hydrogen-bond acceptors (Lipinski definition) is 6. The monoisotopic (exact) mass is 1080 g/mol. The summed E-state index contributed by atoms with van der Waals surface area (Å²) < 4.78 is 0. The van der Waals surface area contributed by atoms with Gasteiger partial charge in [0.2, 0.25) is 0 Å². The summed E-state index contributed by atoms with van der Waals surface area (Å²) in [4.78, 5) is 22.9. The second kappa shape index (κ2) is 19.6. The fourth-order valence-corrected chi connectivity index (χ4v) is 13.2. The molecule has 0 N–H and O–H groups in total. The predicted octanol–water partition coefficient (Wildman–Crippen LogP) is 20.1. The summed E-state index contributed by atoms with van der Waals surface area (Å²) >= 11 is 0. The topological polar surface area (TPSA) is 58.0 Å². The average molecular weight is 1080 g/mol. The second-order valence-corrected chi connectivity index (χ2v) is 26.6. The Labute approximate surface area is 491 Å². The maximum atomic E-state index is 4.77. The number of fused-ring (bicyclic) bond motifs is 9. The Morgan fingerprint density at radius 3 is 0.843 bits per heavy atom. The van der Waals surface area contributed by atoms with Gasteiger partial charge < -0.3 is 0 Å². The molecule has 0 amide bonds. The van der Waals surface area contributed by atoms with E-state index in [9.17, 15) is 0 Å². The number of aromatic nitrogens is 4. The van der Waals surface area contributed by atoms with Crippen molar-refractivity contribution in [2.24, 2.45) is 0 Å². The summed E-state index contributed by atoms with van der Waals surface area (Å²) in [5, 5.41) is 0. The van der Waals surface area contributed by atoms with E-state index < -0.39 is 0 Å². The minimum Gasteiger partial charge on any atom is -0.294 e. The molecule has 3 aliphatic rings. The highest BCUT2D eigenvalue weighted by atomic mass is 15.2. The van der Waals surface area contributed by atoms with Crippen LogP contribution in [0.2, 0.25) is 0 Å². The van der Waals surface area contributed by atoms with Gasteiger partial charge in [0.25, 0.3) is 0 Å². The van der Waals surface area contributed by atoms with E-state index >= 15 is 0 Å². The summed E-state index contributed by atoms with van der Waals surface area (Å²) in [6.07, 6.45) is 19.8. The van der Waals surface area contributed by atoms with Crippen LogP contribution in [0.25, 0.3) is 57.7 Å². The standard InChI is InChI=1S/C77H72N6/c1-73(2,3)53-21-25-55(26-22-53)82(71-47-78-37-39-80-71)57-29-35-63-61-33-19-51(43-67(61)76(9,10)69(63)45-57)15-13-49-17-31-59-60-32-18-50(42-66(60)75(7,8)65(59)41-49)14-16-52-20-34-62-64-36-30-58(46-70(64)77(11,12)68(62)44-52)83(72-48-79-38-40-81-72)56-27-23-54(24-28-56)74(4,5)6/h13-48H,1-12H3/b15-13+,16-14+. The largest absolute Gasteiger partial charge is 0.294 e. The summed E-state index contributed by atoms with van der Waals surface area (Å²) in [6, 6.07) is 59.4. The van der Waals surface area contributed by atoms with Gasteiger partial charge in [-0.3, -0.25) is 19.8 Å². The fraction of sp³-hybridized carbons (Fsp3) is 0.221. The van der Waals surface area contributed by atoms with Crippen molar-refractivity contribution in [2.45, 2.75) is 110 Å². The minimum atomic E-state index is -0.216. The molecule has 0 saturated carbocycles. The van der Waals surface area contributed by atoms with Crippen molar-refractivity contribution < 1.29 is 0 Å². The number of benzene rings is 8. The first-order valence-corrected chi connectivity index (χ1v) is 29.2. The first-order chi connectivity index (χ1) is 39.6. The van der Waals surface area contributed by atoms with Crippen LogP contribution in [-0.4, -0.2) is 19.9 Å². The third kappa shape index (κ3) is 9.29. The molecule has 0 spiro atoms. The van der Waals surface area contributed by atoms with E-state index in [4.69, 9.17) is 9.97 Å². The highest BCUT2D eigenvalue weighted by Gasteiger charge is 2.39. The molecule has 0 unspecified atom stereocenters. The van der Waals surface area contributed by atoms with Crippen LogP contribution in [0, 0.1) is 0 Å². The Kier molecular flexibility index (Phi) is 12.6. The normalized spacial score (nSPS) is 14.9. The molecule has 6 nitrogen and oxygen atoms in total. The van der Waals surface area contributed by atoms with Gasteiger partial charge in [0.15, 0.2) is 11.6 Å². The Balaban J connectivity index is 0.724. The van der Waals surface area contributed by atoms with E-state index in [0.29, 0.717) is 0 Å². The van der Waals surface area contributed by atoms with Crippen LogP contribution in [0.15, 0.2) is 195 Å². The van der Waals surface area contributed by atoms with E-state index in [1.54, 1.807) is 24.8 Å². The average Bonchev–Trinajstić information content (AvgIpc) is 3.95. The molecule has 6 heteroatoms. The third-order valence-electron chi connectivity index (χ3n) is 18.1. The highest BCUT2D eigenvalue weighted by molar-refractivity contribution is 5.90. The lowest BCUT2D eigenvalue weighted by molar-refractivity contribution is 0.590. The van der Waals surface area contributed by atoms with Gasteiger partial charge in [-0.1, -0.05) is 217 Å². The van der Waals surface area contributed by atoms with Gasteiger partial charge in [0, 0.05) is 63.8 Å². The summed E-state index contributed by atoms with van der Waals surface area (Å²) in [6.45, 7) is 27.7. The van der Waals surface area contributed by atoms with Crippen molar-refractivity contribution >= 4 is 58.7 Å². The van der Waals surface area contributed by atoms with E-state index in [0.717, 1.165) is 34.4 Å². The lowest BCUT2D eigenvalue weighted by Crippen LogP contribution is -2.17. The molecule has 2 aromatic heterocycles. The van der Waals surface area contributed by atoms with Crippen LogP contribution in [0.4, 0.5) is 34.4 Å². The van der Waals surface area contributed by atoms with Crippen LogP contribution in [0.5, 0.6) is 0 Å². The lowest BCUT2D eigenvalue weighted by Gasteiger charge is -2.28. The van der Waals surface area contributed by atoms with Crippen molar-refractivity contribution in [1.29, 1.82) is 0 Å². The first-order valence-electron chi connectivity index (χ1n) is 29.2. The Morgan fingerprint density at radius 2 is 0.578 bits per heavy atom. The molecule has 0 radical (unpaired) electrons. The number of anilines is 6. The molecule has 2 heterocycles. The third-order valence-corrected chi connectivity index (χ3v) is 18.1. The number of nitrogens with zero attached hydrogens (tertiary/aromatic N) is 6. The number of hydrogen-bond donors (Lipinski definition) is 0. The molecule has 0 bridgehead atoms. The molecule has 0 saturated heterocycles. The van der Waals surface area contributed by atoms with Crippen LogP contribution >= 0.6 is 0 Å². The zero-order valence-corrected chi connectivity index (χ0v) is 50.0. The smallest absolute Gasteiger partial charge is 0.156 e. The minimum absolute atomic E-state index is 0.0579. The van der Waals surface area contributed by atoms with E-state index in [-0.39, 0.29) is 27.1 Å². The zero-order valence-electron chi connectivity index (χ0n) is 50.0. The van der Waals surface area contributed by atoms with E-state index in [1.165, 1.54) is 100 Å². The van der Waals surface area contributed by atoms with Gasteiger partial charge in [0.05, 0.1) is 12.4 Å². The van der Waals surface area contributed by atoms with E-state index in [2.05, 4.69) is 285 Å². The molecule has 8 aromatic carbocycles. The summed E-state index contributed by atoms with van der Waals surface area (Å²) in [7, 11) is 0. The number of rotatable bonds is 10. The van der Waals surface area contributed by atoms with Crippen LogP contribution < -0.4 is 9.80 Å². The Morgan fingerprint density at radius 1 is 0.313 bits per heavy atom. The van der Waals surface area contributed by atoms with Crippen molar-refractivity contribution in [3.05, 3.63) is 262 Å². The van der Waals surface area contributed by atoms with Crippen molar-refractivity contribution in [3.8, 4) is 33.4 Å². The molecule has 13 rings (SSSR count). The molecule has 10 aromatic rings. The van der Waals surface area contributed by atoms with Gasteiger partial charge in [0.1, 0.15) is 0 Å². The van der Waals surface area contributed by atoms with Gasteiger partial charge in [-0.15, -0.1) is 0 Å². The van der Waals surface area contributed by atoms with Gasteiger partial charge in [-0.25, -0.2) is 9.97 Å². The SMILES string of the molecule is CC(C)(C)c1ccc(N(c2ccc3c(c2)C(C)(C)c2cc(/C=C/c4ccc5c(c4)C(C)(C)c4cc(/C=C/c6ccc7c(c6)C(C)(C)c6cc(N(c8ccc(C(C)(C)C)cc8)c8cnccn8)ccc6-7)ccc4-5)ccc2-3)c2cnccn2)cc1. The molecular formula is C77H72N6. The maximum absolute atomic E-state index is 4.77. The summed E-state index contributed by atoms with van der Waals surface area (Å²) in [5.41, 5.74) is 26.9. The molecule has 83 heavy (non-hydrogen) atoms. The molecular weight excluding hydrogens is 1010 g/mol. The van der Waals surface area contributed by atoms with Crippen molar-refractivity contribution in [2.75, 3.05) is 9.80 Å². The van der Waals surface area contributed by atoms with Gasteiger partial charge in [-0.2, -0.15) is 0 Å². The molecule has 0 fully saturated rings. The van der Waals surface area contributed by atoms with E-state index in [1.807, 2.05) is 12.4 Å². The molecule has 410 valence electrons. The van der Waals surface area contributed by atoms with Crippen LogP contribution in [-0.2, 0) is 27.1 Å². The molecule has 0 aliphatic heterocycles. The van der Waals surface area contributed by atoms with Gasteiger partial charge in [-0.05, 0) is 160 Å². The van der Waals surface area contributed by atoms with Crippen LogP contribution in [0.1, 0.15) is 150 Å². The molecule has 0 atom stereocenters. The summed E-state index contributed by atoms with van der Waals surface area (Å²) in [5.74, 6) is 1.57. The molecule has 3 aliphatic carbocycles. The second-order valence-electron chi connectivity index (χ2n) is 26.6. The quantitative estimate of drug-likeness (QED) is 0.127. The maximum Gasteiger partial charge on any atom is 0.156 e. The van der Waals surface area contributed by atoms with Crippen molar-refractivity contribution in [1.82, 2.24) is 19.9 Å². The predicted molar refractivity (Wildman–Crippen MR) is 348 cm³/mol. The Bertz CT molecular complexity index is 3950. The van der Waals surface area contributed by atoms with Crippen molar-refractivity contribution in [3.63, 3.8) is 0 Å². The Hall–Kier alpha value is -9.00. The first kappa shape index (κ1) is 53.3. The zero-order chi connectivity index (χ0) is 57.8. The highest BCUT2D eigenvalue weighted by Crippen LogP contribution is 2.54. The van der Waals surface area contributed by atoms with Crippen LogP contribution in [0.3, 0.4) is 0 Å². The van der Waals surface area contributed by atoms with Gasteiger partial charge >= 0.3 is 0 Å². The lowest BCUT2D eigenvalue weighted by atomic mass is 9.81.